The molecule has 1 aliphatic carbocycles. The van der Waals surface area contributed by atoms with Gasteiger partial charge in [-0.3, -0.25) is 19.6 Å². The Balaban J connectivity index is 1.62. The van der Waals surface area contributed by atoms with Crippen molar-refractivity contribution in [1.82, 2.24) is 15.1 Å². The van der Waals surface area contributed by atoms with Crippen LogP contribution in [0.4, 0.5) is 10.1 Å². The van der Waals surface area contributed by atoms with Crippen LogP contribution in [-0.2, 0) is 11.3 Å². The first-order chi connectivity index (χ1) is 11.4. The lowest BCUT2D eigenvalue weighted by molar-refractivity contribution is -0.386. The molecule has 1 aromatic carbocycles. The van der Waals surface area contributed by atoms with Gasteiger partial charge in [0.05, 0.1) is 4.92 Å². The van der Waals surface area contributed by atoms with E-state index in [1.54, 1.807) is 19.9 Å². The first kappa shape index (κ1) is 16.1. The lowest BCUT2D eigenvalue weighted by Gasteiger charge is -2.06. The van der Waals surface area contributed by atoms with Crippen LogP contribution in [0.25, 0.3) is 0 Å². The number of hydrogen-bond donors (Lipinski definition) is 1. The number of nitro groups is 1. The van der Waals surface area contributed by atoms with Gasteiger partial charge in [0.15, 0.2) is 0 Å². The van der Waals surface area contributed by atoms with Crippen LogP contribution in [0, 0.1) is 29.8 Å². The molecule has 1 saturated carbocycles. The number of aromatic nitrogens is 2. The summed E-state index contributed by atoms with van der Waals surface area (Å²) in [6.45, 7) is 3.03. The maximum atomic E-state index is 13.2. The lowest BCUT2D eigenvalue weighted by atomic mass is 10.1. The molecule has 0 aliphatic heterocycles. The smallest absolute Gasteiger partial charge is 0.312 e. The highest BCUT2D eigenvalue weighted by Crippen LogP contribution is 2.40. The maximum Gasteiger partial charge on any atom is 0.312 e. The number of aryl methyl sites for hydroxylation is 1. The van der Waals surface area contributed by atoms with E-state index in [0.717, 1.165) is 12.0 Å². The third kappa shape index (κ3) is 3.12. The van der Waals surface area contributed by atoms with Gasteiger partial charge in [-0.25, -0.2) is 4.39 Å². The second kappa shape index (κ2) is 6.03. The first-order valence-corrected chi connectivity index (χ1v) is 7.60. The molecule has 1 amide bonds. The summed E-state index contributed by atoms with van der Waals surface area (Å²) in [5.74, 6) is -0.446. The van der Waals surface area contributed by atoms with E-state index in [9.17, 15) is 19.3 Å². The Morgan fingerprint density at radius 1 is 1.50 bits per heavy atom. The number of nitrogens with one attached hydrogen (secondary N) is 1. The third-order valence-corrected chi connectivity index (χ3v) is 4.23. The second-order valence-electron chi connectivity index (χ2n) is 6.01. The first-order valence-electron chi connectivity index (χ1n) is 7.60. The fourth-order valence-corrected chi connectivity index (χ4v) is 2.95. The van der Waals surface area contributed by atoms with Crippen molar-refractivity contribution in [3.05, 3.63) is 57.1 Å². The number of rotatable bonds is 5. The normalized spacial score (nSPS) is 19.1. The van der Waals surface area contributed by atoms with E-state index in [2.05, 4.69) is 10.4 Å². The summed E-state index contributed by atoms with van der Waals surface area (Å²) in [4.78, 5) is 22.6. The predicted octanol–water partition coefficient (Wildman–Crippen LogP) is 2.22. The van der Waals surface area contributed by atoms with Crippen LogP contribution < -0.4 is 5.32 Å². The van der Waals surface area contributed by atoms with Crippen molar-refractivity contribution in [2.75, 3.05) is 0 Å². The van der Waals surface area contributed by atoms with Crippen molar-refractivity contribution in [1.29, 1.82) is 0 Å². The Morgan fingerprint density at radius 3 is 2.88 bits per heavy atom. The van der Waals surface area contributed by atoms with Gasteiger partial charge in [0.1, 0.15) is 23.7 Å². The monoisotopic (exact) mass is 332 g/mol. The topological polar surface area (TPSA) is 90.1 Å². The van der Waals surface area contributed by atoms with Gasteiger partial charge in [-0.15, -0.1) is 0 Å². The second-order valence-corrected chi connectivity index (χ2v) is 6.01. The number of carbonyl (C=O) groups excluding carboxylic acids is 1. The van der Waals surface area contributed by atoms with Crippen molar-refractivity contribution in [3.8, 4) is 0 Å². The molecule has 8 heteroatoms. The summed E-state index contributed by atoms with van der Waals surface area (Å²) in [6.07, 6.45) is 0.756. The molecule has 0 saturated heterocycles. The summed E-state index contributed by atoms with van der Waals surface area (Å²) < 4.78 is 14.6. The quantitative estimate of drug-likeness (QED) is 0.671. The van der Waals surface area contributed by atoms with E-state index in [1.807, 2.05) is 6.07 Å². The highest BCUT2D eigenvalue weighted by molar-refractivity contribution is 5.76. The summed E-state index contributed by atoms with van der Waals surface area (Å²) in [6, 6.07) is 6.31. The fourth-order valence-electron chi connectivity index (χ4n) is 2.95. The molecule has 24 heavy (non-hydrogen) atoms. The molecule has 2 atom stereocenters. The average Bonchev–Trinajstić information content (AvgIpc) is 3.19. The molecule has 2 aromatic rings. The summed E-state index contributed by atoms with van der Waals surface area (Å²) >= 11 is 0. The minimum Gasteiger partial charge on any atom is -0.351 e. The number of nitrogens with zero attached hydrogens (tertiary/aromatic N) is 3. The number of carbonyl (C=O) groups is 1. The molecule has 0 unspecified atom stereocenters. The van der Waals surface area contributed by atoms with Gasteiger partial charge in [-0.2, -0.15) is 5.10 Å². The Kier molecular flexibility index (Phi) is 4.04. The van der Waals surface area contributed by atoms with Crippen LogP contribution in [0.15, 0.2) is 24.3 Å². The number of halogens is 1. The van der Waals surface area contributed by atoms with Gasteiger partial charge >= 0.3 is 5.69 Å². The Morgan fingerprint density at radius 2 is 2.25 bits per heavy atom. The van der Waals surface area contributed by atoms with Crippen molar-refractivity contribution in [2.45, 2.75) is 38.8 Å². The van der Waals surface area contributed by atoms with E-state index >= 15 is 0 Å². The molecule has 1 N–H and O–H groups in total. The lowest BCUT2D eigenvalue weighted by Crippen LogP contribution is -2.30. The van der Waals surface area contributed by atoms with Crippen LogP contribution in [0.3, 0.4) is 0 Å². The van der Waals surface area contributed by atoms with E-state index in [1.165, 1.54) is 16.8 Å². The Hall–Kier alpha value is -2.77. The fraction of sp³-hybridized carbons (Fsp3) is 0.375. The summed E-state index contributed by atoms with van der Waals surface area (Å²) in [5.41, 5.74) is 1.44. The zero-order valence-corrected chi connectivity index (χ0v) is 13.3. The average molecular weight is 332 g/mol. The van der Waals surface area contributed by atoms with Crippen molar-refractivity contribution in [3.63, 3.8) is 0 Å². The van der Waals surface area contributed by atoms with Gasteiger partial charge in [-0.1, -0.05) is 12.1 Å². The number of hydrogen-bond acceptors (Lipinski definition) is 4. The van der Waals surface area contributed by atoms with Crippen LogP contribution in [0.5, 0.6) is 0 Å². The van der Waals surface area contributed by atoms with Crippen molar-refractivity contribution >= 4 is 11.6 Å². The largest absolute Gasteiger partial charge is 0.351 e. The summed E-state index contributed by atoms with van der Waals surface area (Å²) in [7, 11) is 0. The third-order valence-electron chi connectivity index (χ3n) is 4.23. The van der Waals surface area contributed by atoms with Gasteiger partial charge < -0.3 is 5.32 Å². The number of benzene rings is 1. The van der Waals surface area contributed by atoms with Gasteiger partial charge in [0.25, 0.3) is 0 Å². The van der Waals surface area contributed by atoms with Gasteiger partial charge in [0.2, 0.25) is 5.91 Å². The van der Waals surface area contributed by atoms with Crippen LogP contribution in [0.1, 0.15) is 29.3 Å². The van der Waals surface area contributed by atoms with Crippen molar-refractivity contribution in [2.24, 2.45) is 0 Å². The zero-order valence-electron chi connectivity index (χ0n) is 13.3. The molecule has 126 valence electrons. The molecule has 0 bridgehead atoms. The Bertz CT molecular complexity index is 818. The molecule has 1 heterocycles. The molecule has 1 aromatic heterocycles. The SMILES string of the molecule is Cc1nn(CC(=O)N[C@@H]2C[C@@H]2c2cccc(F)c2)c(C)c1[N+](=O)[O-]. The van der Waals surface area contributed by atoms with E-state index < -0.39 is 4.92 Å². The van der Waals surface area contributed by atoms with Crippen LogP contribution >= 0.6 is 0 Å². The minimum atomic E-state index is -0.493. The van der Waals surface area contributed by atoms with Gasteiger partial charge in [-0.05, 0) is 38.0 Å². The highest BCUT2D eigenvalue weighted by Gasteiger charge is 2.39. The minimum absolute atomic E-state index is 0.0359. The van der Waals surface area contributed by atoms with E-state index in [0.29, 0.717) is 5.69 Å². The summed E-state index contributed by atoms with van der Waals surface area (Å²) in [5, 5.41) is 17.9. The van der Waals surface area contributed by atoms with Gasteiger partial charge in [0, 0.05) is 12.0 Å². The molecule has 0 spiro atoms. The van der Waals surface area contributed by atoms with Crippen molar-refractivity contribution < 1.29 is 14.1 Å². The van der Waals surface area contributed by atoms with Crippen LogP contribution in [-0.4, -0.2) is 26.7 Å². The van der Waals surface area contributed by atoms with E-state index in [4.69, 9.17) is 0 Å². The molecular formula is C16H17FN4O3. The standard InChI is InChI=1S/C16H17FN4O3/c1-9-16(21(23)24)10(2)20(19-9)8-15(22)18-14-7-13(14)11-4-3-5-12(17)6-11/h3-6,13-14H,7-8H2,1-2H3,(H,18,22)/t13-,14-/m1/s1. The molecular weight excluding hydrogens is 315 g/mol. The molecule has 1 aliphatic rings. The maximum absolute atomic E-state index is 13.2. The van der Waals surface area contributed by atoms with E-state index in [-0.39, 0.29) is 41.6 Å². The Labute approximate surface area is 137 Å². The van der Waals surface area contributed by atoms with Crippen LogP contribution in [0.2, 0.25) is 0 Å². The highest BCUT2D eigenvalue weighted by atomic mass is 19.1. The molecule has 1 fully saturated rings. The molecule has 0 radical (unpaired) electrons. The zero-order chi connectivity index (χ0) is 17.4. The predicted molar refractivity (Wildman–Crippen MR) is 84.0 cm³/mol. The molecule has 7 nitrogen and oxygen atoms in total. The number of amides is 1. The molecule has 3 rings (SSSR count).